The summed E-state index contributed by atoms with van der Waals surface area (Å²) in [7, 11) is 0. The molecule has 0 unspecified atom stereocenters. The number of halogens is 2. The van der Waals surface area contributed by atoms with Gasteiger partial charge in [0, 0.05) is 11.1 Å². The van der Waals surface area contributed by atoms with Crippen LogP contribution in [0.4, 0.5) is 0 Å². The van der Waals surface area contributed by atoms with E-state index < -0.39 is 0 Å². The summed E-state index contributed by atoms with van der Waals surface area (Å²) in [5.74, 6) is -0.357. The van der Waals surface area contributed by atoms with Crippen LogP contribution >= 0.6 is 23.2 Å². The molecule has 0 atom stereocenters. The van der Waals surface area contributed by atoms with Gasteiger partial charge in [-0.15, -0.1) is 0 Å². The first-order valence-electron chi connectivity index (χ1n) is 5.29. The molecule has 0 aliphatic heterocycles. The molecule has 2 aromatic carbocycles. The highest BCUT2D eigenvalue weighted by Crippen LogP contribution is 2.34. The zero-order valence-corrected chi connectivity index (χ0v) is 11.1. The van der Waals surface area contributed by atoms with E-state index in [2.05, 4.69) is 0 Å². The van der Waals surface area contributed by atoms with Crippen LogP contribution in [0.1, 0.15) is 21.5 Å². The van der Waals surface area contributed by atoms with Gasteiger partial charge in [0.1, 0.15) is 10.8 Å². The van der Waals surface area contributed by atoms with E-state index in [-0.39, 0.29) is 27.1 Å². The van der Waals surface area contributed by atoms with Crippen LogP contribution in [0.15, 0.2) is 36.4 Å². The van der Waals surface area contributed by atoms with Crippen molar-refractivity contribution in [3.63, 3.8) is 0 Å². The van der Waals surface area contributed by atoms with Gasteiger partial charge in [-0.2, -0.15) is 0 Å². The zero-order valence-electron chi connectivity index (χ0n) is 9.58. The van der Waals surface area contributed by atoms with Gasteiger partial charge in [-0.05, 0) is 19.1 Å². The van der Waals surface area contributed by atoms with Gasteiger partial charge in [0.2, 0.25) is 0 Å². The topological polar surface area (TPSA) is 37.3 Å². The average molecular weight is 281 g/mol. The summed E-state index contributed by atoms with van der Waals surface area (Å²) in [6.45, 7) is 1.94. The number of phenols is 1. The lowest BCUT2D eigenvalue weighted by Crippen LogP contribution is -2.02. The van der Waals surface area contributed by atoms with Gasteiger partial charge in [-0.1, -0.05) is 53.0 Å². The molecule has 2 rings (SSSR count). The maximum atomic E-state index is 12.2. The number of ketones is 1. The summed E-state index contributed by atoms with van der Waals surface area (Å²) in [5, 5.41) is 9.45. The quantitative estimate of drug-likeness (QED) is 0.836. The van der Waals surface area contributed by atoms with Gasteiger partial charge in [0.15, 0.2) is 5.78 Å². The molecule has 0 amide bonds. The standard InChI is InChI=1S/C14H10Cl2O2/c1-8-2-4-9(5-3-8)14(18)10-6-7-11(17)13(16)12(10)15/h2-7,17H,1H3. The molecular weight excluding hydrogens is 271 g/mol. The van der Waals surface area contributed by atoms with Gasteiger partial charge in [0.25, 0.3) is 0 Å². The average Bonchev–Trinajstić information content (AvgIpc) is 2.36. The van der Waals surface area contributed by atoms with Crippen LogP contribution < -0.4 is 0 Å². The number of aryl methyl sites for hydroxylation is 1. The molecule has 0 heterocycles. The number of carbonyl (C=O) groups is 1. The van der Waals surface area contributed by atoms with Crippen molar-refractivity contribution in [2.45, 2.75) is 6.92 Å². The minimum Gasteiger partial charge on any atom is -0.506 e. The molecule has 92 valence electrons. The Balaban J connectivity index is 2.46. The van der Waals surface area contributed by atoms with Crippen LogP contribution in [0.3, 0.4) is 0 Å². The maximum absolute atomic E-state index is 12.2. The summed E-state index contributed by atoms with van der Waals surface area (Å²) in [6.07, 6.45) is 0. The first kappa shape index (κ1) is 12.9. The van der Waals surface area contributed by atoms with Gasteiger partial charge < -0.3 is 5.11 Å². The summed E-state index contributed by atoms with van der Waals surface area (Å²) < 4.78 is 0. The van der Waals surface area contributed by atoms with Crippen LogP contribution in [0, 0.1) is 6.92 Å². The number of carbonyl (C=O) groups excluding carboxylic acids is 1. The molecule has 0 saturated heterocycles. The number of phenolic OH excluding ortho intramolecular Hbond substituents is 1. The highest BCUT2D eigenvalue weighted by atomic mass is 35.5. The maximum Gasteiger partial charge on any atom is 0.194 e. The zero-order chi connectivity index (χ0) is 13.3. The lowest BCUT2D eigenvalue weighted by atomic mass is 10.0. The Morgan fingerprint density at radius 2 is 1.61 bits per heavy atom. The van der Waals surface area contributed by atoms with E-state index in [1.165, 1.54) is 12.1 Å². The van der Waals surface area contributed by atoms with Gasteiger partial charge in [-0.3, -0.25) is 4.79 Å². The van der Waals surface area contributed by atoms with Crippen LogP contribution in [-0.4, -0.2) is 10.9 Å². The van der Waals surface area contributed by atoms with E-state index >= 15 is 0 Å². The second-order valence-electron chi connectivity index (χ2n) is 3.96. The normalized spacial score (nSPS) is 10.4. The Morgan fingerprint density at radius 1 is 1.00 bits per heavy atom. The van der Waals surface area contributed by atoms with Crippen LogP contribution in [0.2, 0.25) is 10.0 Å². The molecule has 0 aromatic heterocycles. The summed E-state index contributed by atoms with van der Waals surface area (Å²) in [4.78, 5) is 12.2. The SMILES string of the molecule is Cc1ccc(C(=O)c2ccc(O)c(Cl)c2Cl)cc1. The van der Waals surface area contributed by atoms with Crippen LogP contribution in [-0.2, 0) is 0 Å². The van der Waals surface area contributed by atoms with E-state index in [1.807, 2.05) is 19.1 Å². The third-order valence-corrected chi connectivity index (χ3v) is 3.49. The second kappa shape index (κ2) is 5.01. The second-order valence-corrected chi connectivity index (χ2v) is 4.71. The molecule has 1 N–H and O–H groups in total. The first-order chi connectivity index (χ1) is 8.50. The molecule has 18 heavy (non-hydrogen) atoms. The third-order valence-electron chi connectivity index (χ3n) is 2.62. The number of hydrogen-bond donors (Lipinski definition) is 1. The van der Waals surface area contributed by atoms with E-state index in [0.29, 0.717) is 5.56 Å². The molecule has 0 bridgehead atoms. The Morgan fingerprint density at radius 3 is 2.22 bits per heavy atom. The molecule has 0 spiro atoms. The fraction of sp³-hybridized carbons (Fsp3) is 0.0714. The molecule has 0 radical (unpaired) electrons. The minimum absolute atomic E-state index is 0.00497. The molecule has 0 saturated carbocycles. The van der Waals surface area contributed by atoms with Crippen LogP contribution in [0.5, 0.6) is 5.75 Å². The smallest absolute Gasteiger partial charge is 0.194 e. The predicted molar refractivity (Wildman–Crippen MR) is 72.7 cm³/mol. The van der Waals surface area contributed by atoms with Crippen molar-refractivity contribution in [2.24, 2.45) is 0 Å². The monoisotopic (exact) mass is 280 g/mol. The number of hydrogen-bond acceptors (Lipinski definition) is 2. The predicted octanol–water partition coefficient (Wildman–Crippen LogP) is 4.24. The highest BCUT2D eigenvalue weighted by molar-refractivity contribution is 6.45. The molecule has 0 aliphatic rings. The summed E-state index contributed by atoms with van der Waals surface area (Å²) >= 11 is 11.8. The fourth-order valence-electron chi connectivity index (χ4n) is 1.58. The van der Waals surface area contributed by atoms with Crippen molar-refractivity contribution in [1.29, 1.82) is 0 Å². The Hall–Kier alpha value is -1.51. The van der Waals surface area contributed by atoms with Crippen molar-refractivity contribution in [2.75, 3.05) is 0 Å². The van der Waals surface area contributed by atoms with Crippen molar-refractivity contribution in [3.05, 3.63) is 63.1 Å². The molecule has 2 nitrogen and oxygen atoms in total. The highest BCUT2D eigenvalue weighted by Gasteiger charge is 2.16. The van der Waals surface area contributed by atoms with Crippen LogP contribution in [0.25, 0.3) is 0 Å². The van der Waals surface area contributed by atoms with E-state index in [0.717, 1.165) is 5.56 Å². The van der Waals surface area contributed by atoms with Crippen molar-refractivity contribution in [3.8, 4) is 5.75 Å². The van der Waals surface area contributed by atoms with E-state index in [4.69, 9.17) is 23.2 Å². The molecule has 2 aromatic rings. The largest absolute Gasteiger partial charge is 0.506 e. The number of rotatable bonds is 2. The fourth-order valence-corrected chi connectivity index (χ4v) is 1.99. The van der Waals surface area contributed by atoms with E-state index in [1.54, 1.807) is 12.1 Å². The van der Waals surface area contributed by atoms with Gasteiger partial charge in [0.05, 0.1) is 5.02 Å². The lowest BCUT2D eigenvalue weighted by molar-refractivity contribution is 0.103. The number of benzene rings is 2. The van der Waals surface area contributed by atoms with Crippen molar-refractivity contribution < 1.29 is 9.90 Å². The molecule has 4 heteroatoms. The number of aromatic hydroxyl groups is 1. The lowest BCUT2D eigenvalue weighted by Gasteiger charge is -2.06. The Labute approximate surface area is 115 Å². The Bertz CT molecular complexity index is 604. The van der Waals surface area contributed by atoms with Gasteiger partial charge >= 0.3 is 0 Å². The third kappa shape index (κ3) is 2.35. The van der Waals surface area contributed by atoms with E-state index in [9.17, 15) is 9.90 Å². The van der Waals surface area contributed by atoms with Crippen molar-refractivity contribution in [1.82, 2.24) is 0 Å². The minimum atomic E-state index is -0.220. The molecule has 0 fully saturated rings. The van der Waals surface area contributed by atoms with Gasteiger partial charge in [-0.25, -0.2) is 0 Å². The molecule has 0 aliphatic carbocycles. The Kier molecular flexibility index (Phi) is 3.60. The summed E-state index contributed by atoms with van der Waals surface area (Å²) in [6, 6.07) is 9.98. The summed E-state index contributed by atoms with van der Waals surface area (Å²) in [5.41, 5.74) is 1.88. The van der Waals surface area contributed by atoms with Crippen molar-refractivity contribution >= 4 is 29.0 Å². The molecular formula is C14H10Cl2O2. The first-order valence-corrected chi connectivity index (χ1v) is 6.04.